The molecule has 1 fully saturated rings. The Bertz CT molecular complexity index is 497. The Kier molecular flexibility index (Phi) is 4.17. The van der Waals surface area contributed by atoms with Crippen LogP contribution in [0.3, 0.4) is 0 Å². The molecule has 20 heavy (non-hydrogen) atoms. The van der Waals surface area contributed by atoms with E-state index in [0.717, 1.165) is 24.6 Å². The first-order valence-corrected chi connectivity index (χ1v) is 7.12. The van der Waals surface area contributed by atoms with Gasteiger partial charge in [0.25, 0.3) is 0 Å². The smallest absolute Gasteiger partial charge is 0.328 e. The van der Waals surface area contributed by atoms with Crippen molar-refractivity contribution < 1.29 is 9.90 Å². The summed E-state index contributed by atoms with van der Waals surface area (Å²) in [6.07, 6.45) is 4.03. The van der Waals surface area contributed by atoms with Crippen molar-refractivity contribution in [1.29, 1.82) is 0 Å². The molecule has 1 atom stereocenters. The average Bonchev–Trinajstić information content (AvgIpc) is 2.86. The Balaban J connectivity index is 2.03. The van der Waals surface area contributed by atoms with Crippen LogP contribution in [0.4, 0.5) is 5.69 Å². The quantitative estimate of drug-likeness (QED) is 0.854. The first-order chi connectivity index (χ1) is 9.36. The molecule has 1 aromatic carbocycles. The molecule has 1 aliphatic heterocycles. The summed E-state index contributed by atoms with van der Waals surface area (Å²) >= 11 is 0. The highest BCUT2D eigenvalue weighted by Gasteiger charge is 2.31. The number of nitrogens with zero attached hydrogens (tertiary/aromatic N) is 1. The lowest BCUT2D eigenvalue weighted by Crippen LogP contribution is -2.25. The van der Waals surface area contributed by atoms with Crippen molar-refractivity contribution in [3.63, 3.8) is 0 Å². The lowest BCUT2D eigenvalue weighted by Gasteiger charge is -2.27. The lowest BCUT2D eigenvalue weighted by molar-refractivity contribution is -0.131. The van der Waals surface area contributed by atoms with E-state index < -0.39 is 5.97 Å². The van der Waals surface area contributed by atoms with E-state index in [1.165, 1.54) is 18.2 Å². The van der Waals surface area contributed by atoms with Crippen molar-refractivity contribution in [1.82, 2.24) is 0 Å². The maximum atomic E-state index is 10.5. The summed E-state index contributed by atoms with van der Waals surface area (Å²) < 4.78 is 0. The van der Waals surface area contributed by atoms with Crippen LogP contribution in [0.2, 0.25) is 0 Å². The number of carboxylic acid groups (broad SMARTS) is 1. The van der Waals surface area contributed by atoms with Crippen LogP contribution >= 0.6 is 0 Å². The molecule has 0 saturated carbocycles. The molecule has 0 radical (unpaired) electrons. The lowest BCUT2D eigenvalue weighted by atomic mass is 9.80. The molecule has 1 aromatic rings. The number of anilines is 1. The largest absolute Gasteiger partial charge is 0.478 e. The van der Waals surface area contributed by atoms with Gasteiger partial charge in [0.05, 0.1) is 0 Å². The number of carbonyl (C=O) groups is 1. The molecule has 2 rings (SSSR count). The van der Waals surface area contributed by atoms with Crippen LogP contribution in [0.15, 0.2) is 30.3 Å². The zero-order chi connectivity index (χ0) is 14.8. The molecule has 0 amide bonds. The zero-order valence-corrected chi connectivity index (χ0v) is 12.5. The molecule has 1 saturated heterocycles. The van der Waals surface area contributed by atoms with E-state index in [4.69, 9.17) is 5.11 Å². The van der Waals surface area contributed by atoms with E-state index in [1.807, 2.05) is 12.1 Å². The van der Waals surface area contributed by atoms with E-state index in [1.54, 1.807) is 6.08 Å². The van der Waals surface area contributed by atoms with Crippen molar-refractivity contribution in [3.05, 3.63) is 35.9 Å². The van der Waals surface area contributed by atoms with Gasteiger partial charge in [0.15, 0.2) is 0 Å². The van der Waals surface area contributed by atoms with Gasteiger partial charge >= 0.3 is 5.97 Å². The summed E-state index contributed by atoms with van der Waals surface area (Å²) in [7, 11) is 0. The maximum Gasteiger partial charge on any atom is 0.328 e. The fourth-order valence-corrected chi connectivity index (χ4v) is 2.67. The van der Waals surface area contributed by atoms with Crippen LogP contribution in [0, 0.1) is 11.3 Å². The molecule has 0 aromatic heterocycles. The predicted molar refractivity (Wildman–Crippen MR) is 82.9 cm³/mol. The van der Waals surface area contributed by atoms with E-state index in [9.17, 15) is 4.79 Å². The number of rotatable bonds is 3. The standard InChI is InChI=1S/C17H23NO2/c1-17(2,3)14-10-11-18(12-14)15-7-4-13(5-8-15)6-9-16(19)20/h4-9,14H,10-12H2,1-3H3,(H,19,20)/b9-6+. The highest BCUT2D eigenvalue weighted by Crippen LogP contribution is 2.35. The van der Waals surface area contributed by atoms with Gasteiger partial charge in [-0.15, -0.1) is 0 Å². The number of benzene rings is 1. The van der Waals surface area contributed by atoms with E-state index in [-0.39, 0.29) is 0 Å². The molecule has 1 unspecified atom stereocenters. The van der Waals surface area contributed by atoms with Crippen LogP contribution in [-0.2, 0) is 4.79 Å². The number of aliphatic carboxylic acids is 1. The van der Waals surface area contributed by atoms with Crippen molar-refractivity contribution in [2.24, 2.45) is 11.3 Å². The second-order valence-electron chi connectivity index (χ2n) is 6.56. The minimum absolute atomic E-state index is 0.360. The predicted octanol–water partition coefficient (Wildman–Crippen LogP) is 3.66. The van der Waals surface area contributed by atoms with E-state index >= 15 is 0 Å². The van der Waals surface area contributed by atoms with Crippen LogP contribution in [0.1, 0.15) is 32.8 Å². The molecule has 0 aliphatic carbocycles. The Morgan fingerprint density at radius 3 is 2.45 bits per heavy atom. The van der Waals surface area contributed by atoms with Gasteiger partial charge in [-0.1, -0.05) is 32.9 Å². The monoisotopic (exact) mass is 273 g/mol. The fourth-order valence-electron chi connectivity index (χ4n) is 2.67. The molecule has 108 valence electrons. The second kappa shape index (κ2) is 5.70. The first-order valence-electron chi connectivity index (χ1n) is 7.12. The van der Waals surface area contributed by atoms with Gasteiger partial charge in [0, 0.05) is 24.9 Å². The van der Waals surface area contributed by atoms with Gasteiger partial charge in [0.2, 0.25) is 0 Å². The van der Waals surface area contributed by atoms with Gasteiger partial charge < -0.3 is 10.0 Å². The fraction of sp³-hybridized carbons (Fsp3) is 0.471. The highest BCUT2D eigenvalue weighted by atomic mass is 16.4. The molecular formula is C17H23NO2. The summed E-state index contributed by atoms with van der Waals surface area (Å²) in [5.74, 6) is -0.185. The van der Waals surface area contributed by atoms with Crippen LogP contribution < -0.4 is 4.90 Å². The van der Waals surface area contributed by atoms with Gasteiger partial charge in [-0.2, -0.15) is 0 Å². The van der Waals surface area contributed by atoms with Gasteiger partial charge in [0.1, 0.15) is 0 Å². The molecule has 3 heteroatoms. The topological polar surface area (TPSA) is 40.5 Å². The molecule has 0 spiro atoms. The molecular weight excluding hydrogens is 250 g/mol. The third-order valence-corrected chi connectivity index (χ3v) is 4.09. The van der Waals surface area contributed by atoms with Crippen LogP contribution in [0.25, 0.3) is 6.08 Å². The van der Waals surface area contributed by atoms with Gasteiger partial charge in [-0.05, 0) is 41.5 Å². The Morgan fingerprint density at radius 2 is 1.95 bits per heavy atom. The van der Waals surface area contributed by atoms with Crippen molar-refractivity contribution >= 4 is 17.7 Å². The minimum atomic E-state index is -0.915. The SMILES string of the molecule is CC(C)(C)C1CCN(c2ccc(/C=C/C(=O)O)cc2)C1. The van der Waals surface area contributed by atoms with Crippen molar-refractivity contribution in [2.45, 2.75) is 27.2 Å². The summed E-state index contributed by atoms with van der Waals surface area (Å²) in [6, 6.07) is 8.09. The second-order valence-corrected chi connectivity index (χ2v) is 6.56. The summed E-state index contributed by atoms with van der Waals surface area (Å²) in [4.78, 5) is 12.9. The zero-order valence-electron chi connectivity index (χ0n) is 12.5. The Labute approximate surface area is 120 Å². The third-order valence-electron chi connectivity index (χ3n) is 4.09. The number of carboxylic acids is 1. The highest BCUT2D eigenvalue weighted by molar-refractivity contribution is 5.85. The maximum absolute atomic E-state index is 10.5. The molecule has 1 aliphatic rings. The molecule has 1 N–H and O–H groups in total. The third kappa shape index (κ3) is 3.62. The summed E-state index contributed by atoms with van der Waals surface area (Å²) in [6.45, 7) is 9.13. The minimum Gasteiger partial charge on any atom is -0.478 e. The molecule has 3 nitrogen and oxygen atoms in total. The van der Waals surface area contributed by atoms with E-state index in [0.29, 0.717) is 5.41 Å². The summed E-state index contributed by atoms with van der Waals surface area (Å²) in [5, 5.41) is 8.61. The normalized spacial score (nSPS) is 19.8. The van der Waals surface area contributed by atoms with Crippen molar-refractivity contribution in [2.75, 3.05) is 18.0 Å². The Morgan fingerprint density at radius 1 is 1.30 bits per heavy atom. The van der Waals surface area contributed by atoms with Crippen LogP contribution in [-0.4, -0.2) is 24.2 Å². The number of hydrogen-bond acceptors (Lipinski definition) is 2. The first kappa shape index (κ1) is 14.6. The summed E-state index contributed by atoms with van der Waals surface area (Å²) in [5.41, 5.74) is 2.51. The number of hydrogen-bond donors (Lipinski definition) is 1. The van der Waals surface area contributed by atoms with Crippen LogP contribution in [0.5, 0.6) is 0 Å². The Hall–Kier alpha value is -1.77. The average molecular weight is 273 g/mol. The van der Waals surface area contributed by atoms with E-state index in [2.05, 4.69) is 37.8 Å². The van der Waals surface area contributed by atoms with Gasteiger partial charge in [-0.25, -0.2) is 4.79 Å². The molecule has 1 heterocycles. The van der Waals surface area contributed by atoms with Gasteiger partial charge in [-0.3, -0.25) is 0 Å². The van der Waals surface area contributed by atoms with Crippen molar-refractivity contribution in [3.8, 4) is 0 Å². The molecule has 0 bridgehead atoms.